The molecule has 1 fully saturated rings. The van der Waals surface area contributed by atoms with Gasteiger partial charge in [0.1, 0.15) is 0 Å². The van der Waals surface area contributed by atoms with Crippen LogP contribution < -0.4 is 4.90 Å². The van der Waals surface area contributed by atoms with E-state index in [-0.39, 0.29) is 6.54 Å². The fourth-order valence-corrected chi connectivity index (χ4v) is 4.22. The van der Waals surface area contributed by atoms with Crippen LogP contribution in [-0.2, 0) is 11.2 Å². The van der Waals surface area contributed by atoms with E-state index in [1.54, 1.807) is 0 Å². The maximum Gasteiger partial charge on any atom is 0.317 e. The summed E-state index contributed by atoms with van der Waals surface area (Å²) in [5.74, 6) is -0.752. The average Bonchev–Trinajstić information content (AvgIpc) is 2.86. The molecule has 1 aliphatic rings. The average molecular weight is 355 g/mol. The summed E-state index contributed by atoms with van der Waals surface area (Å²) in [6, 6.07) is 8.73. The Labute approximate surface area is 155 Å². The maximum atomic E-state index is 11.0. The molecule has 1 N–H and O–H groups in total. The van der Waals surface area contributed by atoms with Crippen LogP contribution in [0.15, 0.2) is 24.3 Å². The number of carbonyl (C=O) groups is 1. The smallest absolute Gasteiger partial charge is 0.317 e. The van der Waals surface area contributed by atoms with Crippen molar-refractivity contribution in [1.82, 2.24) is 9.88 Å². The number of aromatic nitrogens is 1. The van der Waals surface area contributed by atoms with Crippen molar-refractivity contribution in [2.45, 2.75) is 45.6 Å². The first-order valence-electron chi connectivity index (χ1n) is 9.56. The highest BCUT2D eigenvalue weighted by atomic mass is 16.4. The summed E-state index contributed by atoms with van der Waals surface area (Å²) in [5, 5.41) is 10.3. The summed E-state index contributed by atoms with van der Waals surface area (Å²) in [6.45, 7) is 6.38. The molecule has 5 nitrogen and oxygen atoms in total. The van der Waals surface area contributed by atoms with Crippen molar-refractivity contribution < 1.29 is 9.90 Å². The molecule has 1 aromatic heterocycles. The zero-order valence-electron chi connectivity index (χ0n) is 16.0. The van der Waals surface area contributed by atoms with Gasteiger partial charge in [-0.05, 0) is 51.3 Å². The quantitative estimate of drug-likeness (QED) is 0.890. The molecule has 0 radical (unpaired) electrons. The van der Waals surface area contributed by atoms with Crippen LogP contribution in [0.2, 0.25) is 0 Å². The Morgan fingerprint density at radius 1 is 1.31 bits per heavy atom. The van der Waals surface area contributed by atoms with Crippen LogP contribution in [0.3, 0.4) is 0 Å². The van der Waals surface area contributed by atoms with E-state index in [0.717, 1.165) is 50.0 Å². The van der Waals surface area contributed by atoms with Gasteiger partial charge in [0.15, 0.2) is 0 Å². The van der Waals surface area contributed by atoms with Gasteiger partial charge in [-0.2, -0.15) is 0 Å². The van der Waals surface area contributed by atoms with Gasteiger partial charge in [0, 0.05) is 30.2 Å². The van der Waals surface area contributed by atoms with Crippen LogP contribution in [0.4, 0.5) is 5.69 Å². The highest BCUT2D eigenvalue weighted by molar-refractivity contribution is 5.94. The molecule has 2 heterocycles. The van der Waals surface area contributed by atoms with Gasteiger partial charge < -0.3 is 10.0 Å². The molecule has 0 amide bonds. The Hall–Kier alpha value is -2.14. The Morgan fingerprint density at radius 3 is 2.81 bits per heavy atom. The molecule has 3 rings (SSSR count). The lowest BCUT2D eigenvalue weighted by molar-refractivity contribution is -0.138. The number of nitrogens with zero attached hydrogens (tertiary/aromatic N) is 3. The topological polar surface area (TPSA) is 56.7 Å². The Bertz CT molecular complexity index is 790. The van der Waals surface area contributed by atoms with Crippen molar-refractivity contribution >= 4 is 22.6 Å². The van der Waals surface area contributed by atoms with E-state index < -0.39 is 5.97 Å². The number of fused-ring (bicyclic) bond motifs is 1. The predicted molar refractivity (Wildman–Crippen MR) is 106 cm³/mol. The van der Waals surface area contributed by atoms with E-state index in [1.807, 2.05) is 18.0 Å². The molecule has 1 atom stereocenters. The second kappa shape index (κ2) is 8.04. The highest BCUT2D eigenvalue weighted by Crippen LogP contribution is 2.34. The predicted octanol–water partition coefficient (Wildman–Crippen LogP) is 3.48. The number of hydrogen-bond donors (Lipinski definition) is 1. The van der Waals surface area contributed by atoms with Crippen molar-refractivity contribution in [3.8, 4) is 0 Å². The zero-order chi connectivity index (χ0) is 18.7. The van der Waals surface area contributed by atoms with Crippen molar-refractivity contribution in [2.75, 3.05) is 31.6 Å². The standard InChI is InChI=1S/C21H29N3O2/c1-4-17-15(2)22-19-10-6-5-9-18(19)21(17)24-12-7-8-16(11-13-24)23(3)14-20(25)26/h5-6,9-10,16H,4,7-8,11-14H2,1-3H3,(H,25,26). The second-order valence-electron chi connectivity index (χ2n) is 7.28. The van der Waals surface area contributed by atoms with Gasteiger partial charge in [-0.15, -0.1) is 0 Å². The van der Waals surface area contributed by atoms with Gasteiger partial charge in [-0.25, -0.2) is 0 Å². The lowest BCUT2D eigenvalue weighted by atomic mass is 10.0. The molecule has 1 aromatic carbocycles. The normalized spacial score (nSPS) is 18.3. The van der Waals surface area contributed by atoms with Crippen molar-refractivity contribution in [3.63, 3.8) is 0 Å². The van der Waals surface area contributed by atoms with E-state index in [2.05, 4.69) is 36.9 Å². The number of para-hydroxylation sites is 1. The van der Waals surface area contributed by atoms with Gasteiger partial charge in [0.05, 0.1) is 17.7 Å². The van der Waals surface area contributed by atoms with E-state index in [9.17, 15) is 4.79 Å². The summed E-state index contributed by atoms with van der Waals surface area (Å²) >= 11 is 0. The van der Waals surface area contributed by atoms with Gasteiger partial charge >= 0.3 is 5.97 Å². The molecule has 0 aliphatic carbocycles. The number of aliphatic carboxylic acids is 1. The first kappa shape index (κ1) is 18.6. The summed E-state index contributed by atoms with van der Waals surface area (Å²) in [7, 11) is 1.93. The number of rotatable bonds is 5. The van der Waals surface area contributed by atoms with Gasteiger partial charge in [0.2, 0.25) is 0 Å². The summed E-state index contributed by atoms with van der Waals surface area (Å²) in [5.41, 5.74) is 4.84. The van der Waals surface area contributed by atoms with Crippen molar-refractivity contribution in [2.24, 2.45) is 0 Å². The minimum atomic E-state index is -0.752. The monoisotopic (exact) mass is 355 g/mol. The molecular formula is C21H29N3O2. The fraction of sp³-hybridized carbons (Fsp3) is 0.524. The number of pyridine rings is 1. The molecule has 1 saturated heterocycles. The number of likely N-dealkylation sites (N-methyl/N-ethyl adjacent to an activating group) is 1. The maximum absolute atomic E-state index is 11.0. The van der Waals surface area contributed by atoms with Crippen LogP contribution in [0, 0.1) is 6.92 Å². The summed E-state index contributed by atoms with van der Waals surface area (Å²) in [4.78, 5) is 20.3. The number of anilines is 1. The molecule has 140 valence electrons. The van der Waals surface area contributed by atoms with Crippen LogP contribution in [0.25, 0.3) is 10.9 Å². The molecule has 5 heteroatoms. The largest absolute Gasteiger partial charge is 0.480 e. The van der Waals surface area contributed by atoms with Gasteiger partial charge in [-0.1, -0.05) is 25.1 Å². The SMILES string of the molecule is CCc1c(C)nc2ccccc2c1N1CCCC(N(C)CC(=O)O)CC1. The molecular weight excluding hydrogens is 326 g/mol. The van der Waals surface area contributed by atoms with Crippen LogP contribution in [0.1, 0.15) is 37.4 Å². The molecule has 2 aromatic rings. The van der Waals surface area contributed by atoms with E-state index >= 15 is 0 Å². The molecule has 1 aliphatic heterocycles. The molecule has 0 spiro atoms. The van der Waals surface area contributed by atoms with Crippen LogP contribution in [0.5, 0.6) is 0 Å². The minimum absolute atomic E-state index is 0.113. The second-order valence-corrected chi connectivity index (χ2v) is 7.28. The Morgan fingerprint density at radius 2 is 2.08 bits per heavy atom. The third-order valence-electron chi connectivity index (χ3n) is 5.55. The molecule has 1 unspecified atom stereocenters. The number of aryl methyl sites for hydroxylation is 1. The first-order chi connectivity index (χ1) is 12.5. The minimum Gasteiger partial charge on any atom is -0.480 e. The number of hydrogen-bond acceptors (Lipinski definition) is 4. The Kier molecular flexibility index (Phi) is 5.77. The fourth-order valence-electron chi connectivity index (χ4n) is 4.22. The van der Waals surface area contributed by atoms with Crippen molar-refractivity contribution in [3.05, 3.63) is 35.5 Å². The highest BCUT2D eigenvalue weighted by Gasteiger charge is 2.24. The lowest BCUT2D eigenvalue weighted by Crippen LogP contribution is -2.36. The van der Waals surface area contributed by atoms with Crippen molar-refractivity contribution in [1.29, 1.82) is 0 Å². The number of benzene rings is 1. The summed E-state index contributed by atoms with van der Waals surface area (Å²) in [6.07, 6.45) is 4.08. The third kappa shape index (κ3) is 3.83. The zero-order valence-corrected chi connectivity index (χ0v) is 16.0. The molecule has 0 bridgehead atoms. The number of carboxylic acid groups (broad SMARTS) is 1. The van der Waals surface area contributed by atoms with Crippen LogP contribution >= 0.6 is 0 Å². The Balaban J connectivity index is 1.91. The lowest BCUT2D eigenvalue weighted by Gasteiger charge is -2.29. The van der Waals surface area contributed by atoms with Gasteiger partial charge in [-0.3, -0.25) is 14.7 Å². The number of carboxylic acids is 1. The van der Waals surface area contributed by atoms with E-state index in [4.69, 9.17) is 10.1 Å². The first-order valence-corrected chi connectivity index (χ1v) is 9.56. The van der Waals surface area contributed by atoms with Crippen LogP contribution in [-0.4, -0.2) is 53.7 Å². The molecule has 0 saturated carbocycles. The summed E-state index contributed by atoms with van der Waals surface area (Å²) < 4.78 is 0. The van der Waals surface area contributed by atoms with E-state index in [0.29, 0.717) is 6.04 Å². The molecule has 26 heavy (non-hydrogen) atoms. The third-order valence-corrected chi connectivity index (χ3v) is 5.55. The van der Waals surface area contributed by atoms with Gasteiger partial charge in [0.25, 0.3) is 0 Å². The van der Waals surface area contributed by atoms with E-state index in [1.165, 1.54) is 16.6 Å².